The average molecular weight is 379 g/mol. The summed E-state index contributed by atoms with van der Waals surface area (Å²) < 4.78 is 12.5. The number of halogens is 1. The van der Waals surface area contributed by atoms with Gasteiger partial charge in [-0.25, -0.2) is 0 Å². The van der Waals surface area contributed by atoms with Gasteiger partial charge in [-0.1, -0.05) is 21.9 Å². The summed E-state index contributed by atoms with van der Waals surface area (Å²) in [5, 5.41) is 3.49. The molecule has 1 heterocycles. The molecule has 2 aliphatic rings. The van der Waals surface area contributed by atoms with E-state index in [9.17, 15) is 0 Å². The standard InChI is InChI=1S/C18H23BrN2O2/c1-2-8-23-18-6-3-15(19)10-14(18)11-20-12-17-13-21(7-9-22-17)16-4-5-16/h1,3,6,10,16-17,20H,4-5,7-9,11-13H2. The number of benzene rings is 1. The number of morpholine rings is 1. The first-order valence-electron chi connectivity index (χ1n) is 8.17. The van der Waals surface area contributed by atoms with Gasteiger partial charge in [-0.15, -0.1) is 6.42 Å². The van der Waals surface area contributed by atoms with E-state index in [4.69, 9.17) is 15.9 Å². The Morgan fingerprint density at radius 3 is 3.09 bits per heavy atom. The molecule has 1 aliphatic heterocycles. The number of terminal acetylenes is 1. The van der Waals surface area contributed by atoms with Gasteiger partial charge < -0.3 is 14.8 Å². The van der Waals surface area contributed by atoms with Gasteiger partial charge in [0.25, 0.3) is 0 Å². The van der Waals surface area contributed by atoms with E-state index in [0.717, 1.165) is 54.6 Å². The molecule has 4 nitrogen and oxygen atoms in total. The largest absolute Gasteiger partial charge is 0.481 e. The van der Waals surface area contributed by atoms with Crippen molar-refractivity contribution >= 4 is 15.9 Å². The highest BCUT2D eigenvalue weighted by Crippen LogP contribution is 2.28. The summed E-state index contributed by atoms with van der Waals surface area (Å²) in [5.41, 5.74) is 1.10. The molecule has 0 aromatic heterocycles. The summed E-state index contributed by atoms with van der Waals surface area (Å²) in [5.74, 6) is 3.34. The molecular weight excluding hydrogens is 356 g/mol. The first kappa shape index (κ1) is 16.8. The van der Waals surface area contributed by atoms with E-state index in [-0.39, 0.29) is 12.7 Å². The van der Waals surface area contributed by atoms with Gasteiger partial charge in [0, 0.05) is 42.3 Å². The average Bonchev–Trinajstić information content (AvgIpc) is 3.39. The normalized spacial score (nSPS) is 21.8. The lowest BCUT2D eigenvalue weighted by atomic mass is 10.2. The van der Waals surface area contributed by atoms with Gasteiger partial charge in [-0.2, -0.15) is 0 Å². The van der Waals surface area contributed by atoms with Gasteiger partial charge in [-0.05, 0) is 31.0 Å². The molecule has 0 amide bonds. The maximum absolute atomic E-state index is 5.87. The minimum atomic E-state index is 0.270. The fourth-order valence-corrected chi connectivity index (χ4v) is 3.36. The molecule has 1 atom stereocenters. The second kappa shape index (κ2) is 8.16. The van der Waals surface area contributed by atoms with Crippen molar-refractivity contribution in [1.82, 2.24) is 10.2 Å². The molecule has 5 heteroatoms. The van der Waals surface area contributed by atoms with Crippen molar-refractivity contribution in [3.05, 3.63) is 28.2 Å². The highest BCUT2D eigenvalue weighted by Gasteiger charge is 2.32. The van der Waals surface area contributed by atoms with Crippen molar-refractivity contribution in [2.45, 2.75) is 31.5 Å². The van der Waals surface area contributed by atoms with Crippen LogP contribution in [0.15, 0.2) is 22.7 Å². The zero-order chi connectivity index (χ0) is 16.1. The third-order valence-electron chi connectivity index (χ3n) is 4.25. The number of nitrogens with zero attached hydrogens (tertiary/aromatic N) is 1. The molecule has 1 unspecified atom stereocenters. The van der Waals surface area contributed by atoms with Gasteiger partial charge in [0.05, 0.1) is 12.7 Å². The molecule has 3 rings (SSSR count). The van der Waals surface area contributed by atoms with Crippen molar-refractivity contribution in [1.29, 1.82) is 0 Å². The van der Waals surface area contributed by atoms with Crippen molar-refractivity contribution in [3.63, 3.8) is 0 Å². The fourth-order valence-electron chi connectivity index (χ4n) is 2.95. The predicted octanol–water partition coefficient (Wildman–Crippen LogP) is 2.41. The molecule has 23 heavy (non-hydrogen) atoms. The smallest absolute Gasteiger partial charge is 0.148 e. The Bertz CT molecular complexity index is 569. The van der Waals surface area contributed by atoms with E-state index in [1.165, 1.54) is 12.8 Å². The maximum Gasteiger partial charge on any atom is 0.148 e. The molecule has 124 valence electrons. The van der Waals surface area contributed by atoms with Crippen LogP contribution in [-0.2, 0) is 11.3 Å². The van der Waals surface area contributed by atoms with Crippen LogP contribution in [0.5, 0.6) is 5.75 Å². The first-order chi connectivity index (χ1) is 11.3. The zero-order valence-electron chi connectivity index (χ0n) is 13.3. The molecule has 1 aromatic carbocycles. The molecule has 0 spiro atoms. The summed E-state index contributed by atoms with van der Waals surface area (Å²) in [7, 11) is 0. The molecule has 1 aliphatic carbocycles. The quantitative estimate of drug-likeness (QED) is 0.738. The van der Waals surface area contributed by atoms with Crippen LogP contribution in [0.4, 0.5) is 0 Å². The molecule has 1 aromatic rings. The monoisotopic (exact) mass is 378 g/mol. The molecule has 0 radical (unpaired) electrons. The third-order valence-corrected chi connectivity index (χ3v) is 4.75. The third kappa shape index (κ3) is 4.95. The zero-order valence-corrected chi connectivity index (χ0v) is 14.8. The summed E-state index contributed by atoms with van der Waals surface area (Å²) >= 11 is 3.51. The second-order valence-corrected chi connectivity index (χ2v) is 7.01. The minimum absolute atomic E-state index is 0.270. The van der Waals surface area contributed by atoms with E-state index in [2.05, 4.69) is 38.1 Å². The topological polar surface area (TPSA) is 33.7 Å². The lowest BCUT2D eigenvalue weighted by molar-refractivity contribution is -0.0301. The molecule has 2 fully saturated rings. The van der Waals surface area contributed by atoms with Gasteiger partial charge in [0.1, 0.15) is 12.4 Å². The highest BCUT2D eigenvalue weighted by molar-refractivity contribution is 9.10. The minimum Gasteiger partial charge on any atom is -0.481 e. The number of ether oxygens (including phenoxy) is 2. The van der Waals surface area contributed by atoms with Crippen LogP contribution in [0.3, 0.4) is 0 Å². The van der Waals surface area contributed by atoms with Crippen molar-refractivity contribution < 1.29 is 9.47 Å². The molecule has 0 bridgehead atoms. The van der Waals surface area contributed by atoms with E-state index in [0.29, 0.717) is 0 Å². The Morgan fingerprint density at radius 1 is 1.43 bits per heavy atom. The summed E-state index contributed by atoms with van der Waals surface area (Å²) in [4.78, 5) is 2.57. The highest BCUT2D eigenvalue weighted by atomic mass is 79.9. The van der Waals surface area contributed by atoms with E-state index < -0.39 is 0 Å². The van der Waals surface area contributed by atoms with Crippen LogP contribution in [0.1, 0.15) is 18.4 Å². The van der Waals surface area contributed by atoms with Crippen LogP contribution in [0, 0.1) is 12.3 Å². The Kier molecular flexibility index (Phi) is 5.96. The van der Waals surface area contributed by atoms with E-state index >= 15 is 0 Å². The summed E-state index contributed by atoms with van der Waals surface area (Å²) in [6.45, 7) is 4.84. The SMILES string of the molecule is C#CCOc1ccc(Br)cc1CNCC1CN(C2CC2)CCO1. The Hall–Kier alpha value is -1.06. The van der Waals surface area contributed by atoms with Gasteiger partial charge in [0.2, 0.25) is 0 Å². The number of rotatable bonds is 7. The lowest BCUT2D eigenvalue weighted by Crippen LogP contribution is -2.47. The van der Waals surface area contributed by atoms with Gasteiger partial charge >= 0.3 is 0 Å². The second-order valence-electron chi connectivity index (χ2n) is 6.09. The van der Waals surface area contributed by atoms with Crippen LogP contribution in [0.2, 0.25) is 0 Å². The van der Waals surface area contributed by atoms with Gasteiger partial charge in [-0.3, -0.25) is 4.90 Å². The summed E-state index contributed by atoms with van der Waals surface area (Å²) in [6, 6.07) is 6.80. The number of hydrogen-bond acceptors (Lipinski definition) is 4. The van der Waals surface area contributed by atoms with Crippen molar-refractivity contribution in [2.24, 2.45) is 0 Å². The number of hydrogen-bond donors (Lipinski definition) is 1. The predicted molar refractivity (Wildman–Crippen MR) is 94.5 cm³/mol. The van der Waals surface area contributed by atoms with Crippen LogP contribution in [0.25, 0.3) is 0 Å². The van der Waals surface area contributed by atoms with Gasteiger partial charge in [0.15, 0.2) is 0 Å². The Labute approximate surface area is 146 Å². The summed E-state index contributed by atoms with van der Waals surface area (Å²) in [6.07, 6.45) is 8.26. The lowest BCUT2D eigenvalue weighted by Gasteiger charge is -2.33. The Balaban J connectivity index is 1.49. The van der Waals surface area contributed by atoms with E-state index in [1.54, 1.807) is 0 Å². The first-order valence-corrected chi connectivity index (χ1v) is 8.96. The number of nitrogens with one attached hydrogen (secondary N) is 1. The van der Waals surface area contributed by atoms with Crippen molar-refractivity contribution in [2.75, 3.05) is 32.8 Å². The molecule has 1 saturated carbocycles. The molecule has 1 N–H and O–H groups in total. The Morgan fingerprint density at radius 2 is 2.30 bits per heavy atom. The van der Waals surface area contributed by atoms with Crippen LogP contribution >= 0.6 is 15.9 Å². The van der Waals surface area contributed by atoms with Crippen molar-refractivity contribution in [3.8, 4) is 18.1 Å². The van der Waals surface area contributed by atoms with Crippen LogP contribution in [-0.4, -0.2) is 49.9 Å². The molecule has 1 saturated heterocycles. The van der Waals surface area contributed by atoms with E-state index in [1.807, 2.05) is 12.1 Å². The fraction of sp³-hybridized carbons (Fsp3) is 0.556. The maximum atomic E-state index is 5.87. The van der Waals surface area contributed by atoms with Crippen LogP contribution < -0.4 is 10.1 Å². The molecular formula is C18H23BrN2O2.